The lowest BCUT2D eigenvalue weighted by Crippen LogP contribution is -2.35. The van der Waals surface area contributed by atoms with Gasteiger partial charge >= 0.3 is 0 Å². The van der Waals surface area contributed by atoms with E-state index in [4.69, 9.17) is 9.26 Å². The van der Waals surface area contributed by atoms with Gasteiger partial charge in [0.1, 0.15) is 5.82 Å². The van der Waals surface area contributed by atoms with Crippen molar-refractivity contribution in [3.05, 3.63) is 70.3 Å². The molecule has 1 aliphatic rings. The number of morpholine rings is 1. The molecule has 0 atom stereocenters. The van der Waals surface area contributed by atoms with Gasteiger partial charge in [0.15, 0.2) is 0 Å². The van der Waals surface area contributed by atoms with Crippen LogP contribution in [0.4, 0.5) is 4.39 Å². The molecule has 0 bridgehead atoms. The van der Waals surface area contributed by atoms with Crippen LogP contribution in [0.25, 0.3) is 33.7 Å². The molecular weight excluding hydrogens is 387 g/mol. The highest BCUT2D eigenvalue weighted by Crippen LogP contribution is 2.27. The molecule has 2 aromatic carbocycles. The Morgan fingerprint density at radius 3 is 2.67 bits per heavy atom. The second-order valence-electron chi connectivity index (χ2n) is 7.25. The highest BCUT2D eigenvalue weighted by Gasteiger charge is 2.16. The first-order valence-electron chi connectivity index (χ1n) is 9.72. The molecule has 1 fully saturated rings. The third kappa shape index (κ3) is 3.74. The van der Waals surface area contributed by atoms with Crippen molar-refractivity contribution in [1.82, 2.24) is 20.0 Å². The lowest BCUT2D eigenvalue weighted by Gasteiger charge is -2.26. The Labute approximate surface area is 171 Å². The highest BCUT2D eigenvalue weighted by molar-refractivity contribution is 5.92. The van der Waals surface area contributed by atoms with Crippen molar-refractivity contribution in [3.8, 4) is 22.8 Å². The van der Waals surface area contributed by atoms with E-state index in [0.717, 1.165) is 38.4 Å². The van der Waals surface area contributed by atoms with Gasteiger partial charge in [0.2, 0.25) is 11.4 Å². The number of hydrogen-bond donors (Lipinski definition) is 1. The van der Waals surface area contributed by atoms with Crippen LogP contribution in [0.15, 0.2) is 57.8 Å². The molecule has 0 aliphatic carbocycles. The van der Waals surface area contributed by atoms with E-state index < -0.39 is 5.82 Å². The molecule has 7 nitrogen and oxygen atoms in total. The normalized spacial score (nSPS) is 15.0. The Bertz CT molecular complexity index is 1240. The lowest BCUT2D eigenvalue weighted by molar-refractivity contribution is 0.0342. The first kappa shape index (κ1) is 18.7. The molecule has 1 N–H and O–H groups in total. The zero-order valence-corrected chi connectivity index (χ0v) is 16.1. The summed E-state index contributed by atoms with van der Waals surface area (Å²) in [7, 11) is 0. The number of H-pyrrole nitrogens is 1. The van der Waals surface area contributed by atoms with Gasteiger partial charge in [-0.05, 0) is 23.8 Å². The van der Waals surface area contributed by atoms with Crippen LogP contribution >= 0.6 is 0 Å². The summed E-state index contributed by atoms with van der Waals surface area (Å²) in [5.74, 6) is 0.170. The predicted octanol–water partition coefficient (Wildman–Crippen LogP) is 3.22. The van der Waals surface area contributed by atoms with Crippen molar-refractivity contribution in [2.45, 2.75) is 6.54 Å². The van der Waals surface area contributed by atoms with Crippen LogP contribution in [0, 0.1) is 5.82 Å². The van der Waals surface area contributed by atoms with E-state index in [1.165, 1.54) is 29.8 Å². The van der Waals surface area contributed by atoms with Gasteiger partial charge in [0, 0.05) is 42.2 Å². The van der Waals surface area contributed by atoms with Crippen molar-refractivity contribution >= 4 is 10.9 Å². The van der Waals surface area contributed by atoms with Crippen LogP contribution in [-0.4, -0.2) is 46.3 Å². The predicted molar refractivity (Wildman–Crippen MR) is 109 cm³/mol. The van der Waals surface area contributed by atoms with Crippen molar-refractivity contribution < 1.29 is 13.7 Å². The Morgan fingerprint density at radius 1 is 1.07 bits per heavy atom. The van der Waals surface area contributed by atoms with Crippen molar-refractivity contribution in [2.75, 3.05) is 26.3 Å². The minimum atomic E-state index is -0.411. The number of halogens is 1. The molecule has 4 aromatic rings. The van der Waals surface area contributed by atoms with Gasteiger partial charge in [-0.15, -0.1) is 0 Å². The maximum Gasteiger partial charge on any atom is 0.259 e. The Balaban J connectivity index is 1.43. The smallest absolute Gasteiger partial charge is 0.259 e. The number of pyridine rings is 1. The molecule has 0 amide bonds. The molecule has 2 aromatic heterocycles. The van der Waals surface area contributed by atoms with Crippen LogP contribution < -0.4 is 5.56 Å². The number of ether oxygens (including phenoxy) is 1. The number of hydrogen-bond acceptors (Lipinski definition) is 6. The largest absolute Gasteiger partial charge is 0.379 e. The zero-order valence-electron chi connectivity index (χ0n) is 16.1. The molecular formula is C22H19FN4O3. The fraction of sp³-hybridized carbons (Fsp3) is 0.227. The Hall–Kier alpha value is -3.36. The van der Waals surface area contributed by atoms with Gasteiger partial charge in [-0.3, -0.25) is 9.69 Å². The second-order valence-corrected chi connectivity index (χ2v) is 7.25. The summed E-state index contributed by atoms with van der Waals surface area (Å²) >= 11 is 0. The molecule has 3 heterocycles. The number of rotatable bonds is 4. The molecule has 1 aliphatic heterocycles. The molecule has 5 rings (SSSR count). The van der Waals surface area contributed by atoms with Crippen LogP contribution in [0.5, 0.6) is 0 Å². The van der Waals surface area contributed by atoms with Crippen molar-refractivity contribution in [2.24, 2.45) is 0 Å². The number of fused-ring (bicyclic) bond motifs is 1. The van der Waals surface area contributed by atoms with E-state index in [0.29, 0.717) is 22.3 Å². The van der Waals surface area contributed by atoms with Gasteiger partial charge in [-0.2, -0.15) is 4.98 Å². The maximum atomic E-state index is 13.7. The Morgan fingerprint density at radius 2 is 1.87 bits per heavy atom. The molecule has 0 saturated carbocycles. The molecule has 8 heteroatoms. The summed E-state index contributed by atoms with van der Waals surface area (Å²) in [6.45, 7) is 4.27. The lowest BCUT2D eigenvalue weighted by atomic mass is 10.1. The number of benzene rings is 2. The number of aromatic amines is 1. The highest BCUT2D eigenvalue weighted by atomic mass is 19.1. The van der Waals surface area contributed by atoms with Gasteiger partial charge in [-0.1, -0.05) is 29.4 Å². The summed E-state index contributed by atoms with van der Waals surface area (Å²) in [6.07, 6.45) is 0. The van der Waals surface area contributed by atoms with Crippen molar-refractivity contribution in [3.63, 3.8) is 0 Å². The fourth-order valence-electron chi connectivity index (χ4n) is 3.63. The number of nitrogens with zero attached hydrogens (tertiary/aromatic N) is 3. The third-order valence-electron chi connectivity index (χ3n) is 5.18. The SMILES string of the molecule is O=c1cc(-c2nc(-c3ccc(CN4CCOCC4)cc3)no2)c2cc(F)ccc2[nH]1. The average molecular weight is 406 g/mol. The van der Waals surface area contributed by atoms with Gasteiger partial charge in [-0.25, -0.2) is 4.39 Å². The first-order valence-corrected chi connectivity index (χ1v) is 9.72. The summed E-state index contributed by atoms with van der Waals surface area (Å²) < 4.78 is 24.5. The van der Waals surface area contributed by atoms with Gasteiger partial charge in [0.25, 0.3) is 5.89 Å². The van der Waals surface area contributed by atoms with Crippen LogP contribution in [-0.2, 0) is 11.3 Å². The zero-order chi connectivity index (χ0) is 20.5. The third-order valence-corrected chi connectivity index (χ3v) is 5.18. The van der Waals surface area contributed by atoms with Gasteiger partial charge < -0.3 is 14.2 Å². The summed E-state index contributed by atoms with van der Waals surface area (Å²) in [5.41, 5.74) is 2.58. The molecule has 1 saturated heterocycles. The quantitative estimate of drug-likeness (QED) is 0.560. The Kier molecular flexibility index (Phi) is 4.86. The van der Waals surface area contributed by atoms with E-state index in [1.807, 2.05) is 24.3 Å². The number of nitrogens with one attached hydrogen (secondary N) is 1. The molecule has 0 spiro atoms. The molecule has 30 heavy (non-hydrogen) atoms. The summed E-state index contributed by atoms with van der Waals surface area (Å²) in [5, 5.41) is 4.55. The number of aromatic nitrogens is 3. The van der Waals surface area contributed by atoms with Crippen molar-refractivity contribution in [1.29, 1.82) is 0 Å². The molecule has 0 unspecified atom stereocenters. The average Bonchev–Trinajstić information content (AvgIpc) is 3.25. The van der Waals surface area contributed by atoms with Crippen LogP contribution in [0.1, 0.15) is 5.56 Å². The standard InChI is InChI=1S/C22H19FN4O3/c23-16-5-6-19-17(11-16)18(12-20(28)24-19)22-25-21(26-30-22)15-3-1-14(2-4-15)13-27-7-9-29-10-8-27/h1-6,11-12H,7-10,13H2,(H,24,28). The van der Waals surface area contributed by atoms with Crippen LogP contribution in [0.3, 0.4) is 0 Å². The minimum Gasteiger partial charge on any atom is -0.379 e. The van der Waals surface area contributed by atoms with E-state index in [2.05, 4.69) is 20.0 Å². The summed E-state index contributed by atoms with van der Waals surface area (Å²) in [4.78, 5) is 21.5. The molecule has 0 radical (unpaired) electrons. The molecule has 152 valence electrons. The monoisotopic (exact) mass is 406 g/mol. The minimum absolute atomic E-state index is 0.170. The summed E-state index contributed by atoms with van der Waals surface area (Å²) in [6, 6.07) is 13.5. The maximum absolute atomic E-state index is 13.7. The second kappa shape index (κ2) is 7.81. The van der Waals surface area contributed by atoms with E-state index in [9.17, 15) is 9.18 Å². The fourth-order valence-corrected chi connectivity index (χ4v) is 3.63. The van der Waals surface area contributed by atoms with E-state index >= 15 is 0 Å². The van der Waals surface area contributed by atoms with Crippen LogP contribution in [0.2, 0.25) is 0 Å². The first-order chi connectivity index (χ1) is 14.7. The topological polar surface area (TPSA) is 84.2 Å². The van der Waals surface area contributed by atoms with E-state index in [1.54, 1.807) is 0 Å². The van der Waals surface area contributed by atoms with E-state index in [-0.39, 0.29) is 11.4 Å². The van der Waals surface area contributed by atoms with Gasteiger partial charge in [0.05, 0.1) is 18.8 Å².